The highest BCUT2D eigenvalue weighted by Crippen LogP contribution is 2.28. The van der Waals surface area contributed by atoms with Crippen LogP contribution in [0.25, 0.3) is 10.8 Å². The summed E-state index contributed by atoms with van der Waals surface area (Å²) >= 11 is 6.91. The van der Waals surface area contributed by atoms with E-state index in [-0.39, 0.29) is 0 Å². The third-order valence-electron chi connectivity index (χ3n) is 1.95. The lowest BCUT2D eigenvalue weighted by atomic mass is 10.1. The fraction of sp³-hybridized carbons (Fsp3) is 0.100. The van der Waals surface area contributed by atoms with Gasteiger partial charge in [0.15, 0.2) is 0 Å². The Morgan fingerprint density at radius 2 is 1.92 bits per heavy atom. The third-order valence-corrected chi connectivity index (χ3v) is 3.21. The Labute approximate surface area is 93.4 Å². The molecule has 1 nitrogen and oxygen atoms in total. The Hall–Kier alpha value is -0.410. The second kappa shape index (κ2) is 3.39. The molecule has 13 heavy (non-hydrogen) atoms. The number of pyridine rings is 1. The van der Waals surface area contributed by atoms with Gasteiger partial charge in [0.2, 0.25) is 0 Å². The van der Waals surface area contributed by atoms with Gasteiger partial charge in [0.1, 0.15) is 4.60 Å². The molecule has 0 atom stereocenters. The molecule has 0 unspecified atom stereocenters. The number of hydrogen-bond donors (Lipinski definition) is 0. The molecule has 0 spiro atoms. The van der Waals surface area contributed by atoms with Gasteiger partial charge < -0.3 is 0 Å². The summed E-state index contributed by atoms with van der Waals surface area (Å²) in [5.74, 6) is 0. The fourth-order valence-corrected chi connectivity index (χ4v) is 2.17. The van der Waals surface area contributed by atoms with Crippen LogP contribution in [0.2, 0.25) is 0 Å². The lowest BCUT2D eigenvalue weighted by Gasteiger charge is -2.03. The van der Waals surface area contributed by atoms with Crippen LogP contribution < -0.4 is 0 Å². The molecule has 0 radical (unpaired) electrons. The van der Waals surface area contributed by atoms with Crippen LogP contribution in [-0.2, 0) is 0 Å². The first-order valence-electron chi connectivity index (χ1n) is 3.89. The zero-order valence-electron chi connectivity index (χ0n) is 7.01. The number of aromatic nitrogens is 1. The van der Waals surface area contributed by atoms with Gasteiger partial charge in [-0.15, -0.1) is 0 Å². The first kappa shape index (κ1) is 9.16. The molecule has 0 saturated carbocycles. The molecule has 66 valence electrons. The minimum Gasteiger partial charge on any atom is -0.248 e. The first-order chi connectivity index (χ1) is 6.18. The number of aryl methyl sites for hydroxylation is 1. The Morgan fingerprint density at radius 3 is 2.69 bits per heavy atom. The van der Waals surface area contributed by atoms with Gasteiger partial charge in [-0.3, -0.25) is 0 Å². The summed E-state index contributed by atoms with van der Waals surface area (Å²) < 4.78 is 1.93. The largest absolute Gasteiger partial charge is 0.248 e. The van der Waals surface area contributed by atoms with Crippen LogP contribution in [0.3, 0.4) is 0 Å². The topological polar surface area (TPSA) is 12.9 Å². The maximum atomic E-state index is 4.21. The predicted molar refractivity (Wildman–Crippen MR) is 61.9 cm³/mol. The molecular weight excluding hydrogens is 294 g/mol. The summed E-state index contributed by atoms with van der Waals surface area (Å²) in [5, 5.41) is 2.34. The van der Waals surface area contributed by atoms with Crippen molar-refractivity contribution in [3.63, 3.8) is 0 Å². The van der Waals surface area contributed by atoms with E-state index in [1.807, 2.05) is 6.20 Å². The van der Waals surface area contributed by atoms with Crippen molar-refractivity contribution >= 4 is 42.6 Å². The molecule has 0 aliphatic rings. The second-order valence-electron chi connectivity index (χ2n) is 2.95. The fourth-order valence-electron chi connectivity index (χ4n) is 1.29. The highest BCUT2D eigenvalue weighted by atomic mass is 79.9. The lowest BCUT2D eigenvalue weighted by Crippen LogP contribution is -1.82. The van der Waals surface area contributed by atoms with Crippen LogP contribution in [0.15, 0.2) is 33.5 Å². The number of benzene rings is 1. The van der Waals surface area contributed by atoms with Crippen molar-refractivity contribution in [3.8, 4) is 0 Å². The number of rotatable bonds is 0. The van der Waals surface area contributed by atoms with Crippen molar-refractivity contribution in [1.29, 1.82) is 0 Å². The predicted octanol–water partition coefficient (Wildman–Crippen LogP) is 4.07. The maximum Gasteiger partial charge on any atom is 0.113 e. The summed E-state index contributed by atoms with van der Waals surface area (Å²) in [7, 11) is 0. The zero-order chi connectivity index (χ0) is 9.42. The van der Waals surface area contributed by atoms with E-state index in [4.69, 9.17) is 0 Å². The molecule has 2 aromatic rings. The number of halogens is 2. The molecule has 0 aliphatic carbocycles. The van der Waals surface area contributed by atoms with Crippen LogP contribution >= 0.6 is 31.9 Å². The zero-order valence-corrected chi connectivity index (χ0v) is 10.2. The van der Waals surface area contributed by atoms with E-state index in [0.717, 1.165) is 14.5 Å². The van der Waals surface area contributed by atoms with Gasteiger partial charge in [-0.1, -0.05) is 23.8 Å². The van der Waals surface area contributed by atoms with Gasteiger partial charge >= 0.3 is 0 Å². The molecule has 1 aromatic carbocycles. The van der Waals surface area contributed by atoms with Crippen molar-refractivity contribution < 1.29 is 0 Å². The van der Waals surface area contributed by atoms with E-state index in [2.05, 4.69) is 62.0 Å². The van der Waals surface area contributed by atoms with Gasteiger partial charge in [-0.05, 0) is 38.8 Å². The van der Waals surface area contributed by atoms with Crippen LogP contribution in [0.5, 0.6) is 0 Å². The van der Waals surface area contributed by atoms with Gasteiger partial charge in [-0.2, -0.15) is 0 Å². The Kier molecular flexibility index (Phi) is 2.39. The highest BCUT2D eigenvalue weighted by molar-refractivity contribution is 9.11. The quantitative estimate of drug-likeness (QED) is 0.668. The van der Waals surface area contributed by atoms with Crippen molar-refractivity contribution in [1.82, 2.24) is 4.98 Å². The van der Waals surface area contributed by atoms with Crippen molar-refractivity contribution in [3.05, 3.63) is 39.0 Å². The number of fused-ring (bicyclic) bond motifs is 1. The molecule has 0 bridgehead atoms. The smallest absolute Gasteiger partial charge is 0.113 e. The van der Waals surface area contributed by atoms with Crippen LogP contribution in [-0.4, -0.2) is 4.98 Å². The van der Waals surface area contributed by atoms with E-state index >= 15 is 0 Å². The van der Waals surface area contributed by atoms with Crippen molar-refractivity contribution in [2.75, 3.05) is 0 Å². The SMILES string of the molecule is Cc1ccc2c(Br)ncc(Br)c2c1. The monoisotopic (exact) mass is 299 g/mol. The number of hydrogen-bond acceptors (Lipinski definition) is 1. The van der Waals surface area contributed by atoms with Gasteiger partial charge in [0, 0.05) is 21.4 Å². The van der Waals surface area contributed by atoms with Crippen molar-refractivity contribution in [2.24, 2.45) is 0 Å². The molecule has 1 heterocycles. The molecular formula is C10H7Br2N. The summed E-state index contributed by atoms with van der Waals surface area (Å²) in [6.45, 7) is 2.08. The molecule has 2 rings (SSSR count). The van der Waals surface area contributed by atoms with Crippen molar-refractivity contribution in [2.45, 2.75) is 6.92 Å². The average molecular weight is 301 g/mol. The summed E-state index contributed by atoms with van der Waals surface area (Å²) in [6.07, 6.45) is 1.81. The molecule has 0 saturated heterocycles. The van der Waals surface area contributed by atoms with Crippen LogP contribution in [0, 0.1) is 6.92 Å². The lowest BCUT2D eigenvalue weighted by molar-refractivity contribution is 1.30. The third kappa shape index (κ3) is 1.63. The minimum absolute atomic E-state index is 0.894. The molecule has 0 aliphatic heterocycles. The standard InChI is InChI=1S/C10H7Br2N/c1-6-2-3-7-8(4-6)9(11)5-13-10(7)12/h2-5H,1H3. The highest BCUT2D eigenvalue weighted by Gasteiger charge is 2.02. The summed E-state index contributed by atoms with van der Waals surface area (Å²) in [5.41, 5.74) is 1.26. The van der Waals surface area contributed by atoms with E-state index in [9.17, 15) is 0 Å². The minimum atomic E-state index is 0.894. The van der Waals surface area contributed by atoms with Crippen LogP contribution in [0.1, 0.15) is 5.56 Å². The Morgan fingerprint density at radius 1 is 1.15 bits per heavy atom. The second-order valence-corrected chi connectivity index (χ2v) is 4.55. The Bertz CT molecular complexity index is 466. The maximum absolute atomic E-state index is 4.21. The first-order valence-corrected chi connectivity index (χ1v) is 5.47. The number of nitrogens with zero attached hydrogens (tertiary/aromatic N) is 1. The van der Waals surface area contributed by atoms with E-state index < -0.39 is 0 Å². The van der Waals surface area contributed by atoms with Gasteiger partial charge in [0.05, 0.1) is 0 Å². The normalized spacial score (nSPS) is 10.7. The van der Waals surface area contributed by atoms with E-state index in [0.29, 0.717) is 0 Å². The summed E-state index contributed by atoms with van der Waals surface area (Å²) in [4.78, 5) is 4.21. The van der Waals surface area contributed by atoms with Gasteiger partial charge in [0.25, 0.3) is 0 Å². The molecule has 0 N–H and O–H groups in total. The van der Waals surface area contributed by atoms with Gasteiger partial charge in [-0.25, -0.2) is 4.98 Å². The molecule has 0 fully saturated rings. The van der Waals surface area contributed by atoms with Crippen LogP contribution in [0.4, 0.5) is 0 Å². The Balaban J connectivity index is 2.92. The average Bonchev–Trinajstić information content (AvgIpc) is 2.12. The molecule has 1 aromatic heterocycles. The summed E-state index contributed by atoms with van der Waals surface area (Å²) in [6, 6.07) is 6.31. The van der Waals surface area contributed by atoms with E-state index in [1.165, 1.54) is 10.9 Å². The van der Waals surface area contributed by atoms with E-state index in [1.54, 1.807) is 0 Å². The molecule has 3 heteroatoms. The molecule has 0 amide bonds.